The Morgan fingerprint density at radius 3 is 2.16 bits per heavy atom. The van der Waals surface area contributed by atoms with Crippen LogP contribution in [0.5, 0.6) is 5.75 Å². The van der Waals surface area contributed by atoms with Crippen LogP contribution in [0.25, 0.3) is 0 Å². The predicted molar refractivity (Wildman–Crippen MR) is 80.3 cm³/mol. The molecular formula is C12H18BrFO3SSi. The van der Waals surface area contributed by atoms with E-state index in [1.165, 1.54) is 12.1 Å². The smallest absolute Gasteiger partial charge is 0.332 e. The quantitative estimate of drug-likeness (QED) is 0.582. The third-order valence-electron chi connectivity index (χ3n) is 3.31. The van der Waals surface area contributed by atoms with Crippen LogP contribution < -0.4 is 4.43 Å². The molecule has 7 heteroatoms. The van der Waals surface area contributed by atoms with Gasteiger partial charge in [-0.2, -0.15) is 8.42 Å². The third-order valence-corrected chi connectivity index (χ3v) is 8.92. The van der Waals surface area contributed by atoms with Gasteiger partial charge in [0.1, 0.15) is 10.6 Å². The summed E-state index contributed by atoms with van der Waals surface area (Å²) in [6.07, 6.45) is 0. The molecule has 0 atom stereocenters. The molecule has 19 heavy (non-hydrogen) atoms. The molecular weight excluding hydrogens is 351 g/mol. The second-order valence-corrected chi connectivity index (χ2v) is 12.9. The van der Waals surface area contributed by atoms with Gasteiger partial charge in [-0.25, -0.2) is 0 Å². The first-order chi connectivity index (χ1) is 8.33. The van der Waals surface area contributed by atoms with Crippen molar-refractivity contribution < 1.29 is 16.7 Å². The fraction of sp³-hybridized carbons (Fsp3) is 0.500. The van der Waals surface area contributed by atoms with E-state index in [2.05, 4.69) is 36.7 Å². The van der Waals surface area contributed by atoms with Crippen LogP contribution in [0.3, 0.4) is 0 Å². The summed E-state index contributed by atoms with van der Waals surface area (Å²) in [7, 11) is -6.82. The first-order valence-corrected chi connectivity index (χ1v) is 10.9. The molecule has 0 heterocycles. The molecule has 0 saturated carbocycles. The second kappa shape index (κ2) is 5.18. The van der Waals surface area contributed by atoms with Crippen molar-refractivity contribution in [1.82, 2.24) is 0 Å². The molecule has 1 rings (SSSR count). The van der Waals surface area contributed by atoms with Crippen LogP contribution in [-0.4, -0.2) is 16.7 Å². The van der Waals surface area contributed by atoms with Crippen molar-refractivity contribution >= 4 is 34.5 Å². The molecule has 0 aliphatic rings. The van der Waals surface area contributed by atoms with E-state index in [1.807, 2.05) is 13.1 Å². The van der Waals surface area contributed by atoms with E-state index in [-0.39, 0.29) is 5.04 Å². The lowest BCUT2D eigenvalue weighted by Gasteiger charge is -2.36. The van der Waals surface area contributed by atoms with Crippen molar-refractivity contribution in [2.24, 2.45) is 0 Å². The minimum atomic E-state index is -4.73. The highest BCUT2D eigenvalue weighted by molar-refractivity contribution is 9.10. The van der Waals surface area contributed by atoms with Crippen LogP contribution in [0.15, 0.2) is 27.6 Å². The van der Waals surface area contributed by atoms with Crippen molar-refractivity contribution in [1.29, 1.82) is 0 Å². The average molecular weight is 369 g/mol. The van der Waals surface area contributed by atoms with Gasteiger partial charge < -0.3 is 4.43 Å². The highest BCUT2D eigenvalue weighted by atomic mass is 79.9. The molecule has 0 amide bonds. The van der Waals surface area contributed by atoms with E-state index in [9.17, 15) is 12.3 Å². The predicted octanol–water partition coefficient (Wildman–Crippen LogP) is 4.49. The maximum absolute atomic E-state index is 13.1. The first-order valence-electron chi connectivity index (χ1n) is 5.77. The van der Waals surface area contributed by atoms with Crippen molar-refractivity contribution in [3.8, 4) is 5.75 Å². The van der Waals surface area contributed by atoms with Crippen LogP contribution in [0, 0.1) is 0 Å². The largest absolute Gasteiger partial charge is 0.543 e. The van der Waals surface area contributed by atoms with Gasteiger partial charge in [0.2, 0.25) is 8.32 Å². The monoisotopic (exact) mass is 368 g/mol. The molecule has 1 aromatic rings. The maximum atomic E-state index is 13.1. The zero-order chi connectivity index (χ0) is 15.1. The molecule has 0 N–H and O–H groups in total. The van der Waals surface area contributed by atoms with Gasteiger partial charge in [0, 0.05) is 10.5 Å². The molecule has 3 nitrogen and oxygen atoms in total. The molecule has 0 unspecified atom stereocenters. The lowest BCUT2D eigenvalue weighted by molar-refractivity contribution is 0.489. The van der Waals surface area contributed by atoms with Gasteiger partial charge >= 0.3 is 10.2 Å². The minimum Gasteiger partial charge on any atom is -0.543 e. The zero-order valence-electron chi connectivity index (χ0n) is 11.6. The molecule has 108 valence electrons. The Bertz CT molecular complexity index is 579. The second-order valence-electron chi connectivity index (χ2n) is 5.92. The van der Waals surface area contributed by atoms with Gasteiger partial charge in [0.05, 0.1) is 0 Å². The maximum Gasteiger partial charge on any atom is 0.332 e. The van der Waals surface area contributed by atoms with Crippen LogP contribution >= 0.6 is 15.9 Å². The van der Waals surface area contributed by atoms with E-state index in [0.717, 1.165) is 0 Å². The van der Waals surface area contributed by atoms with Gasteiger partial charge in [-0.3, -0.25) is 0 Å². The van der Waals surface area contributed by atoms with Crippen molar-refractivity contribution in [3.05, 3.63) is 22.7 Å². The number of benzene rings is 1. The summed E-state index contributed by atoms with van der Waals surface area (Å²) in [5, 5.41) is -0.0237. The minimum absolute atomic E-state index is 0.0237. The van der Waals surface area contributed by atoms with Crippen LogP contribution in [0.4, 0.5) is 3.89 Å². The van der Waals surface area contributed by atoms with E-state index in [1.54, 1.807) is 6.07 Å². The Kier molecular flexibility index (Phi) is 4.54. The number of hydrogen-bond acceptors (Lipinski definition) is 3. The summed E-state index contributed by atoms with van der Waals surface area (Å²) in [5.41, 5.74) is 0. The lowest BCUT2D eigenvalue weighted by atomic mass is 10.2. The molecule has 0 aliphatic heterocycles. The van der Waals surface area contributed by atoms with Gasteiger partial charge in [-0.15, -0.1) is 3.89 Å². The normalized spacial score (nSPS) is 13.4. The summed E-state index contributed by atoms with van der Waals surface area (Å²) >= 11 is 3.17. The fourth-order valence-electron chi connectivity index (χ4n) is 1.18. The lowest BCUT2D eigenvalue weighted by Crippen LogP contribution is -2.43. The van der Waals surface area contributed by atoms with Crippen molar-refractivity contribution in [2.75, 3.05) is 0 Å². The average Bonchev–Trinajstić information content (AvgIpc) is 2.12. The van der Waals surface area contributed by atoms with E-state index in [0.29, 0.717) is 10.2 Å². The van der Waals surface area contributed by atoms with Gasteiger partial charge in [0.15, 0.2) is 0 Å². The highest BCUT2D eigenvalue weighted by Gasteiger charge is 2.39. The molecule has 0 aromatic heterocycles. The highest BCUT2D eigenvalue weighted by Crippen LogP contribution is 2.38. The first kappa shape index (κ1) is 16.7. The molecule has 0 saturated heterocycles. The Hall–Kier alpha value is -0.403. The van der Waals surface area contributed by atoms with Gasteiger partial charge in [-0.1, -0.05) is 36.7 Å². The topological polar surface area (TPSA) is 43.4 Å². The summed E-state index contributed by atoms with van der Waals surface area (Å²) in [4.78, 5) is -0.393. The SMILES string of the molecule is CC(C)(C)[Si](C)(C)Oc1cc(Br)cc(S(=O)(=O)F)c1. The molecule has 0 fully saturated rings. The van der Waals surface area contributed by atoms with Crippen molar-refractivity contribution in [3.63, 3.8) is 0 Å². The van der Waals surface area contributed by atoms with Crippen LogP contribution in [0.2, 0.25) is 18.1 Å². The Morgan fingerprint density at radius 1 is 1.21 bits per heavy atom. The Labute approximate surface area is 123 Å². The summed E-state index contributed by atoms with van der Waals surface area (Å²) in [6, 6.07) is 4.09. The van der Waals surface area contributed by atoms with Crippen LogP contribution in [-0.2, 0) is 10.2 Å². The molecule has 0 bridgehead atoms. The molecule has 0 aliphatic carbocycles. The molecule has 1 aromatic carbocycles. The fourth-order valence-corrected chi connectivity index (χ4v) is 3.35. The molecule has 0 spiro atoms. The van der Waals surface area contributed by atoms with E-state index in [4.69, 9.17) is 4.43 Å². The van der Waals surface area contributed by atoms with E-state index < -0.39 is 23.4 Å². The standard InChI is InChI=1S/C12H18BrFO3SSi/c1-12(2,3)19(4,5)17-10-6-9(13)7-11(8-10)18(14,15)16/h6-8H,1-5H3. The van der Waals surface area contributed by atoms with E-state index >= 15 is 0 Å². The molecule has 0 radical (unpaired) electrons. The number of halogens is 2. The Balaban J connectivity index is 3.21. The third kappa shape index (κ3) is 4.29. The summed E-state index contributed by atoms with van der Waals surface area (Å²) in [5.74, 6) is 0.372. The Morgan fingerprint density at radius 2 is 1.74 bits per heavy atom. The van der Waals surface area contributed by atoms with Gasteiger partial charge in [-0.05, 0) is 30.3 Å². The van der Waals surface area contributed by atoms with Crippen molar-refractivity contribution in [2.45, 2.75) is 43.8 Å². The zero-order valence-corrected chi connectivity index (χ0v) is 15.0. The van der Waals surface area contributed by atoms with Crippen LogP contribution in [0.1, 0.15) is 20.8 Å². The number of hydrogen-bond donors (Lipinski definition) is 0. The summed E-state index contributed by atoms with van der Waals surface area (Å²) < 4.78 is 41.4. The number of rotatable bonds is 3. The summed E-state index contributed by atoms with van der Waals surface area (Å²) in [6.45, 7) is 10.3. The van der Waals surface area contributed by atoms with Gasteiger partial charge in [0.25, 0.3) is 0 Å².